The van der Waals surface area contributed by atoms with E-state index in [1.54, 1.807) is 25.1 Å². The molecule has 3 rings (SSSR count). The molecule has 0 radical (unpaired) electrons. The van der Waals surface area contributed by atoms with Crippen LogP contribution in [0.15, 0.2) is 54.6 Å². The predicted octanol–water partition coefficient (Wildman–Crippen LogP) is 2.71. The first-order valence-corrected chi connectivity index (χ1v) is 10.6. The summed E-state index contributed by atoms with van der Waals surface area (Å²) in [7, 11) is -3.28. The van der Waals surface area contributed by atoms with Crippen molar-refractivity contribution in [2.45, 2.75) is 25.2 Å². The van der Waals surface area contributed by atoms with Crippen LogP contribution >= 0.6 is 0 Å². The van der Waals surface area contributed by atoms with Crippen LogP contribution in [0.5, 0.6) is 5.75 Å². The van der Waals surface area contributed by atoms with Crippen LogP contribution in [-0.4, -0.2) is 42.6 Å². The Kier molecular flexibility index (Phi) is 5.53. The maximum absolute atomic E-state index is 13.3. The highest BCUT2D eigenvalue weighted by molar-refractivity contribution is 7.89. The summed E-state index contributed by atoms with van der Waals surface area (Å²) < 4.78 is 25.9. The Labute approximate surface area is 159 Å². The molecule has 0 aliphatic carbocycles. The summed E-state index contributed by atoms with van der Waals surface area (Å²) in [6, 6.07) is 16.0. The number of phenolic OH excluding ortho intramolecular Hbond substituents is 1. The molecule has 0 aromatic heterocycles. The van der Waals surface area contributed by atoms with E-state index in [1.807, 2.05) is 30.3 Å². The van der Waals surface area contributed by atoms with Crippen molar-refractivity contribution in [1.29, 1.82) is 0 Å². The third-order valence-electron chi connectivity index (χ3n) is 5.25. The van der Waals surface area contributed by atoms with Gasteiger partial charge < -0.3 is 10.4 Å². The van der Waals surface area contributed by atoms with Crippen LogP contribution in [0, 0.1) is 0 Å². The fourth-order valence-corrected chi connectivity index (χ4v) is 4.66. The Morgan fingerprint density at radius 3 is 2.26 bits per heavy atom. The van der Waals surface area contributed by atoms with E-state index >= 15 is 0 Å². The zero-order chi connectivity index (χ0) is 19.5. The van der Waals surface area contributed by atoms with Crippen molar-refractivity contribution >= 4 is 21.6 Å². The minimum Gasteiger partial charge on any atom is -0.506 e. The molecule has 1 aliphatic rings. The number of hydrogen-bond donors (Lipinski definition) is 2. The summed E-state index contributed by atoms with van der Waals surface area (Å²) in [4.78, 5) is 13.3. The number of anilines is 1. The average molecular weight is 388 g/mol. The third-order valence-corrected chi connectivity index (χ3v) is 7.13. The molecule has 1 saturated heterocycles. The Balaban J connectivity index is 1.91. The highest BCUT2D eigenvalue weighted by atomic mass is 32.2. The highest BCUT2D eigenvalue weighted by Crippen LogP contribution is 2.38. The normalized spacial score (nSPS) is 17.4. The van der Waals surface area contributed by atoms with E-state index in [4.69, 9.17) is 0 Å². The number of rotatable bonds is 5. The lowest BCUT2D eigenvalue weighted by Gasteiger charge is -2.40. The Morgan fingerprint density at radius 2 is 1.67 bits per heavy atom. The number of amides is 1. The molecular formula is C20H24N2O4S. The number of piperidine rings is 1. The maximum atomic E-state index is 13.3. The number of nitrogens with zero attached hydrogens (tertiary/aromatic N) is 1. The first kappa shape index (κ1) is 19.4. The number of carbonyl (C=O) groups excluding carboxylic acids is 1. The molecule has 0 spiro atoms. The highest BCUT2D eigenvalue weighted by Gasteiger charge is 2.44. The molecule has 7 heteroatoms. The number of hydrogen-bond acceptors (Lipinski definition) is 4. The number of aromatic hydroxyl groups is 1. The molecule has 6 nitrogen and oxygen atoms in total. The molecule has 144 valence electrons. The largest absolute Gasteiger partial charge is 0.506 e. The zero-order valence-electron chi connectivity index (χ0n) is 15.3. The number of para-hydroxylation sites is 2. The van der Waals surface area contributed by atoms with Crippen LogP contribution < -0.4 is 5.32 Å². The first-order valence-electron chi connectivity index (χ1n) is 9.02. The second kappa shape index (κ2) is 7.70. The minimum absolute atomic E-state index is 0.0000541. The van der Waals surface area contributed by atoms with E-state index < -0.39 is 15.4 Å². The van der Waals surface area contributed by atoms with Crippen LogP contribution in [-0.2, 0) is 20.2 Å². The quantitative estimate of drug-likeness (QED) is 0.771. The monoisotopic (exact) mass is 388 g/mol. The maximum Gasteiger partial charge on any atom is 0.235 e. The van der Waals surface area contributed by atoms with Gasteiger partial charge in [-0.25, -0.2) is 12.7 Å². The van der Waals surface area contributed by atoms with Gasteiger partial charge in [0.1, 0.15) is 5.75 Å². The number of nitrogens with one attached hydrogen (secondary N) is 1. The van der Waals surface area contributed by atoms with E-state index in [1.165, 1.54) is 10.4 Å². The molecule has 1 heterocycles. The SMILES string of the molecule is CCS(=O)(=O)N1CCC(C(=O)Nc2ccccc2O)(c2ccccc2)CC1. The second-order valence-corrected chi connectivity index (χ2v) is 8.98. The fraction of sp³-hybridized carbons (Fsp3) is 0.350. The van der Waals surface area contributed by atoms with Gasteiger partial charge in [-0.05, 0) is 37.5 Å². The lowest BCUT2D eigenvalue weighted by atomic mass is 9.72. The van der Waals surface area contributed by atoms with E-state index in [9.17, 15) is 18.3 Å². The standard InChI is InChI=1S/C20H24N2O4S/c1-2-27(25,26)22-14-12-20(13-15-22,16-8-4-3-5-9-16)19(24)21-17-10-6-7-11-18(17)23/h3-11,23H,2,12-15H2,1H3,(H,21,24). The van der Waals surface area contributed by atoms with Crippen molar-refractivity contribution in [1.82, 2.24) is 4.31 Å². The molecule has 2 N–H and O–H groups in total. The first-order chi connectivity index (χ1) is 12.9. The van der Waals surface area contributed by atoms with E-state index in [2.05, 4.69) is 5.32 Å². The fourth-order valence-electron chi connectivity index (χ4n) is 3.55. The third kappa shape index (κ3) is 3.84. The molecule has 1 amide bonds. The zero-order valence-corrected chi connectivity index (χ0v) is 16.1. The lowest BCUT2D eigenvalue weighted by molar-refractivity contribution is -0.123. The van der Waals surface area contributed by atoms with Crippen molar-refractivity contribution in [3.8, 4) is 5.75 Å². The van der Waals surface area contributed by atoms with Gasteiger partial charge in [-0.15, -0.1) is 0 Å². The summed E-state index contributed by atoms with van der Waals surface area (Å²) in [6.45, 7) is 2.21. The lowest BCUT2D eigenvalue weighted by Crippen LogP contribution is -2.51. The van der Waals surface area contributed by atoms with Crippen molar-refractivity contribution in [2.24, 2.45) is 0 Å². The molecule has 0 bridgehead atoms. The summed E-state index contributed by atoms with van der Waals surface area (Å²) in [5.41, 5.74) is 0.358. The minimum atomic E-state index is -3.28. The molecule has 1 fully saturated rings. The molecule has 2 aromatic rings. The Morgan fingerprint density at radius 1 is 1.07 bits per heavy atom. The number of carbonyl (C=O) groups is 1. The summed E-state index contributed by atoms with van der Waals surface area (Å²) in [6.07, 6.45) is 0.769. The molecule has 0 saturated carbocycles. The van der Waals surface area contributed by atoms with E-state index in [-0.39, 0.29) is 17.4 Å². The molecule has 0 unspecified atom stereocenters. The van der Waals surface area contributed by atoms with Crippen LogP contribution in [0.2, 0.25) is 0 Å². The Bertz CT molecular complexity index is 905. The number of benzene rings is 2. The van der Waals surface area contributed by atoms with Crippen molar-refractivity contribution in [3.05, 3.63) is 60.2 Å². The number of phenols is 1. The topological polar surface area (TPSA) is 86.7 Å². The van der Waals surface area contributed by atoms with Gasteiger partial charge in [-0.2, -0.15) is 0 Å². The van der Waals surface area contributed by atoms with E-state index in [0.717, 1.165) is 5.56 Å². The van der Waals surface area contributed by atoms with Gasteiger partial charge in [0.25, 0.3) is 0 Å². The Hall–Kier alpha value is -2.38. The predicted molar refractivity (Wildman–Crippen MR) is 105 cm³/mol. The summed E-state index contributed by atoms with van der Waals surface area (Å²) in [5, 5.41) is 12.8. The molecular weight excluding hydrogens is 364 g/mol. The van der Waals surface area contributed by atoms with Crippen molar-refractivity contribution < 1.29 is 18.3 Å². The van der Waals surface area contributed by atoms with Crippen molar-refractivity contribution in [2.75, 3.05) is 24.2 Å². The van der Waals surface area contributed by atoms with Gasteiger partial charge in [0.15, 0.2) is 0 Å². The van der Waals surface area contributed by atoms with Gasteiger partial charge in [-0.3, -0.25) is 4.79 Å². The van der Waals surface area contributed by atoms with Crippen LogP contribution in [0.25, 0.3) is 0 Å². The second-order valence-electron chi connectivity index (χ2n) is 6.72. The molecule has 27 heavy (non-hydrogen) atoms. The van der Waals surface area contributed by atoms with Gasteiger partial charge >= 0.3 is 0 Å². The van der Waals surface area contributed by atoms with Crippen LogP contribution in [0.4, 0.5) is 5.69 Å². The molecule has 2 aromatic carbocycles. The van der Waals surface area contributed by atoms with Crippen molar-refractivity contribution in [3.63, 3.8) is 0 Å². The average Bonchev–Trinajstić information content (AvgIpc) is 2.70. The van der Waals surface area contributed by atoms with Gasteiger partial charge in [-0.1, -0.05) is 42.5 Å². The van der Waals surface area contributed by atoms with Crippen LogP contribution in [0.1, 0.15) is 25.3 Å². The van der Waals surface area contributed by atoms with Gasteiger partial charge in [0.2, 0.25) is 15.9 Å². The van der Waals surface area contributed by atoms with Gasteiger partial charge in [0, 0.05) is 13.1 Å². The van der Waals surface area contributed by atoms with E-state index in [0.29, 0.717) is 31.6 Å². The number of sulfonamides is 1. The van der Waals surface area contributed by atoms with Gasteiger partial charge in [0.05, 0.1) is 16.9 Å². The molecule has 1 aliphatic heterocycles. The summed E-state index contributed by atoms with van der Waals surface area (Å²) >= 11 is 0. The summed E-state index contributed by atoms with van der Waals surface area (Å²) in [5.74, 6) is -0.182. The smallest absolute Gasteiger partial charge is 0.235 e. The molecule has 0 atom stereocenters. The van der Waals surface area contributed by atoms with Crippen LogP contribution in [0.3, 0.4) is 0 Å².